The van der Waals surface area contributed by atoms with E-state index in [4.69, 9.17) is 5.73 Å². The van der Waals surface area contributed by atoms with Gasteiger partial charge in [-0.1, -0.05) is 0 Å². The van der Waals surface area contributed by atoms with Gasteiger partial charge in [0.1, 0.15) is 13.1 Å². The highest BCUT2D eigenvalue weighted by Gasteiger charge is 2.28. The molecule has 0 aromatic rings. The van der Waals surface area contributed by atoms with Gasteiger partial charge in [0.05, 0.1) is 0 Å². The third-order valence-electron chi connectivity index (χ3n) is 2.33. The lowest BCUT2D eigenvalue weighted by atomic mass is 10.5. The highest BCUT2D eigenvalue weighted by atomic mass is 19.4. The van der Waals surface area contributed by atoms with Gasteiger partial charge in [0.25, 0.3) is 0 Å². The molecule has 0 saturated heterocycles. The minimum atomic E-state index is -4.41. The minimum Gasteiger partial charge on any atom is -0.370 e. The quantitative estimate of drug-likeness (QED) is 0.549. The summed E-state index contributed by atoms with van der Waals surface area (Å²) in [6.45, 7) is -1.74. The van der Waals surface area contributed by atoms with Crippen LogP contribution in [0.3, 0.4) is 0 Å². The molecular weight excluding hydrogens is 237 g/mol. The second-order valence-corrected chi connectivity index (χ2v) is 3.91. The summed E-state index contributed by atoms with van der Waals surface area (Å²) in [5.74, 6) is -0.621. The van der Waals surface area contributed by atoms with Crippen molar-refractivity contribution in [1.82, 2.24) is 10.2 Å². The monoisotopic (exact) mass is 252 g/mol. The smallest absolute Gasteiger partial charge is 0.370 e. The standard InChI is InChI=1S/C9H15F3N4O/c1-16(6-2-3-6)8(13)14-4-7(17)15-5-9(10,11)12/h6H,2-5H2,1H3,(H2,13,14)(H,15,17). The Labute approximate surface area is 96.9 Å². The van der Waals surface area contributed by atoms with E-state index in [9.17, 15) is 18.0 Å². The molecule has 0 atom stereocenters. The topological polar surface area (TPSA) is 70.7 Å². The van der Waals surface area contributed by atoms with Crippen molar-refractivity contribution in [2.45, 2.75) is 25.1 Å². The van der Waals surface area contributed by atoms with E-state index in [1.165, 1.54) is 0 Å². The number of hydrogen-bond acceptors (Lipinski definition) is 2. The number of alkyl halides is 3. The summed E-state index contributed by atoms with van der Waals surface area (Å²) in [5.41, 5.74) is 5.56. The SMILES string of the molecule is CN(C(N)=NCC(=O)NCC(F)(F)F)C1CC1. The second-order valence-electron chi connectivity index (χ2n) is 3.91. The fourth-order valence-electron chi connectivity index (χ4n) is 1.17. The molecular formula is C9H15F3N4O. The van der Waals surface area contributed by atoms with E-state index in [-0.39, 0.29) is 12.5 Å². The highest BCUT2D eigenvalue weighted by Crippen LogP contribution is 2.24. The normalized spacial score (nSPS) is 16.8. The first-order valence-electron chi connectivity index (χ1n) is 5.16. The number of nitrogens with one attached hydrogen (secondary N) is 1. The maximum absolute atomic E-state index is 11.8. The molecule has 0 aliphatic heterocycles. The lowest BCUT2D eigenvalue weighted by Crippen LogP contribution is -2.38. The van der Waals surface area contributed by atoms with Gasteiger partial charge in [-0.3, -0.25) is 4.79 Å². The molecule has 98 valence electrons. The Morgan fingerprint density at radius 3 is 2.59 bits per heavy atom. The number of nitrogens with two attached hydrogens (primary N) is 1. The molecule has 0 radical (unpaired) electrons. The molecule has 1 rings (SSSR count). The number of halogens is 3. The Hall–Kier alpha value is -1.47. The van der Waals surface area contributed by atoms with Gasteiger partial charge in [0.15, 0.2) is 5.96 Å². The number of rotatable bonds is 4. The number of aliphatic imine (C=N–C) groups is 1. The molecule has 1 aliphatic carbocycles. The average molecular weight is 252 g/mol. The van der Waals surface area contributed by atoms with E-state index in [0.29, 0.717) is 6.04 Å². The van der Waals surface area contributed by atoms with E-state index in [1.54, 1.807) is 17.3 Å². The molecule has 0 bridgehead atoms. The molecule has 5 nitrogen and oxygen atoms in total. The van der Waals surface area contributed by atoms with Gasteiger partial charge in [0, 0.05) is 13.1 Å². The predicted molar refractivity (Wildman–Crippen MR) is 56.3 cm³/mol. The summed E-state index contributed by atoms with van der Waals surface area (Å²) >= 11 is 0. The fraction of sp³-hybridized carbons (Fsp3) is 0.778. The van der Waals surface area contributed by atoms with Crippen LogP contribution in [-0.4, -0.2) is 49.1 Å². The van der Waals surface area contributed by atoms with Crippen LogP contribution in [0.1, 0.15) is 12.8 Å². The summed E-state index contributed by atoms with van der Waals surface area (Å²) in [4.78, 5) is 16.5. The number of carbonyl (C=O) groups is 1. The van der Waals surface area contributed by atoms with Crippen LogP contribution in [0.4, 0.5) is 13.2 Å². The molecule has 8 heteroatoms. The van der Waals surface area contributed by atoms with Crippen LogP contribution in [-0.2, 0) is 4.79 Å². The predicted octanol–water partition coefficient (Wildman–Crippen LogP) is 0.0738. The maximum Gasteiger partial charge on any atom is 0.405 e. The van der Waals surface area contributed by atoms with Crippen molar-refractivity contribution in [1.29, 1.82) is 0 Å². The zero-order valence-corrected chi connectivity index (χ0v) is 9.42. The molecule has 17 heavy (non-hydrogen) atoms. The molecule has 1 amide bonds. The largest absolute Gasteiger partial charge is 0.405 e. The Morgan fingerprint density at radius 1 is 1.53 bits per heavy atom. The van der Waals surface area contributed by atoms with Crippen LogP contribution < -0.4 is 11.1 Å². The molecule has 0 spiro atoms. The number of amides is 1. The van der Waals surface area contributed by atoms with E-state index in [0.717, 1.165) is 12.8 Å². The van der Waals surface area contributed by atoms with Crippen LogP contribution in [0, 0.1) is 0 Å². The summed E-state index contributed by atoms with van der Waals surface area (Å²) in [6, 6.07) is 0.344. The van der Waals surface area contributed by atoms with Crippen molar-refractivity contribution in [3.8, 4) is 0 Å². The van der Waals surface area contributed by atoms with E-state index >= 15 is 0 Å². The van der Waals surface area contributed by atoms with Crippen molar-refractivity contribution < 1.29 is 18.0 Å². The summed E-state index contributed by atoms with van der Waals surface area (Å²) in [6.07, 6.45) is -2.37. The minimum absolute atomic E-state index is 0.176. The molecule has 0 heterocycles. The van der Waals surface area contributed by atoms with Gasteiger partial charge in [0.2, 0.25) is 5.91 Å². The van der Waals surface area contributed by atoms with E-state index < -0.39 is 18.6 Å². The molecule has 1 saturated carbocycles. The zero-order valence-electron chi connectivity index (χ0n) is 9.42. The maximum atomic E-state index is 11.8. The van der Waals surface area contributed by atoms with Gasteiger partial charge < -0.3 is 16.0 Å². The number of carbonyl (C=O) groups excluding carboxylic acids is 1. The third kappa shape index (κ3) is 5.41. The average Bonchev–Trinajstić information content (AvgIpc) is 3.04. The molecule has 0 aromatic carbocycles. The van der Waals surface area contributed by atoms with Crippen molar-refractivity contribution in [2.24, 2.45) is 10.7 Å². The van der Waals surface area contributed by atoms with Crippen molar-refractivity contribution in [3.63, 3.8) is 0 Å². The van der Waals surface area contributed by atoms with Crippen LogP contribution in [0.2, 0.25) is 0 Å². The summed E-state index contributed by atoms with van der Waals surface area (Å²) < 4.78 is 35.3. The first kappa shape index (κ1) is 13.6. The lowest BCUT2D eigenvalue weighted by Gasteiger charge is -2.16. The van der Waals surface area contributed by atoms with Crippen molar-refractivity contribution in [3.05, 3.63) is 0 Å². The Kier molecular flexibility index (Phi) is 4.19. The Bertz CT molecular complexity index is 312. The number of guanidine groups is 1. The molecule has 0 aromatic heterocycles. The van der Waals surface area contributed by atoms with Gasteiger partial charge in [-0.2, -0.15) is 13.2 Å². The van der Waals surface area contributed by atoms with Gasteiger partial charge in [-0.15, -0.1) is 0 Å². The fourth-order valence-corrected chi connectivity index (χ4v) is 1.17. The molecule has 3 N–H and O–H groups in total. The summed E-state index contributed by atoms with van der Waals surface area (Å²) in [7, 11) is 1.74. The zero-order chi connectivity index (χ0) is 13.1. The van der Waals surface area contributed by atoms with Gasteiger partial charge in [-0.25, -0.2) is 4.99 Å². The van der Waals surface area contributed by atoms with Crippen LogP contribution in [0.15, 0.2) is 4.99 Å². The van der Waals surface area contributed by atoms with E-state index in [2.05, 4.69) is 4.99 Å². The number of nitrogens with zero attached hydrogens (tertiary/aromatic N) is 2. The highest BCUT2D eigenvalue weighted by molar-refractivity contribution is 5.84. The van der Waals surface area contributed by atoms with Crippen LogP contribution in [0.5, 0.6) is 0 Å². The molecule has 1 aliphatic rings. The lowest BCUT2D eigenvalue weighted by molar-refractivity contribution is -0.137. The second kappa shape index (κ2) is 5.24. The summed E-state index contributed by atoms with van der Waals surface area (Å²) in [5, 5.41) is 1.72. The van der Waals surface area contributed by atoms with Crippen molar-refractivity contribution in [2.75, 3.05) is 20.1 Å². The van der Waals surface area contributed by atoms with Gasteiger partial charge in [-0.05, 0) is 12.8 Å². The number of hydrogen-bond donors (Lipinski definition) is 2. The Balaban J connectivity index is 2.28. The third-order valence-corrected chi connectivity index (χ3v) is 2.33. The van der Waals surface area contributed by atoms with Crippen LogP contribution in [0.25, 0.3) is 0 Å². The van der Waals surface area contributed by atoms with Gasteiger partial charge >= 0.3 is 6.18 Å². The van der Waals surface area contributed by atoms with Crippen molar-refractivity contribution >= 4 is 11.9 Å². The first-order valence-corrected chi connectivity index (χ1v) is 5.16. The first-order chi connectivity index (χ1) is 7.79. The van der Waals surface area contributed by atoms with E-state index in [1.807, 2.05) is 0 Å². The Morgan fingerprint density at radius 2 is 2.12 bits per heavy atom. The van der Waals surface area contributed by atoms with Crippen LogP contribution >= 0.6 is 0 Å². The molecule has 1 fully saturated rings. The molecule has 0 unspecified atom stereocenters.